The number of thiophene rings is 1. The third-order valence-electron chi connectivity index (χ3n) is 2.74. The van der Waals surface area contributed by atoms with E-state index in [1.54, 1.807) is 24.4 Å². The molecule has 2 aromatic heterocycles. The number of rotatable bonds is 5. The summed E-state index contributed by atoms with van der Waals surface area (Å²) in [6, 6.07) is 6.68. The van der Waals surface area contributed by atoms with Crippen molar-refractivity contribution >= 4 is 34.8 Å². The van der Waals surface area contributed by atoms with E-state index in [0.717, 1.165) is 4.88 Å². The highest BCUT2D eigenvalue weighted by molar-refractivity contribution is 7.16. The van der Waals surface area contributed by atoms with Crippen molar-refractivity contribution in [1.29, 1.82) is 0 Å². The molecule has 2 heterocycles. The summed E-state index contributed by atoms with van der Waals surface area (Å²) < 4.78 is 2.06. The summed E-state index contributed by atoms with van der Waals surface area (Å²) in [7, 11) is 0. The van der Waals surface area contributed by atoms with Crippen LogP contribution in [-0.4, -0.2) is 21.6 Å². The van der Waals surface area contributed by atoms with Gasteiger partial charge in [0.25, 0.3) is 5.91 Å². The average Bonchev–Trinajstić information content (AvgIpc) is 2.97. The number of amides is 1. The predicted molar refractivity (Wildman–Crippen MR) is 77.3 cm³/mol. The molecule has 1 atom stereocenters. The molecular formula is C13H13ClN2O3S. The molecule has 106 valence electrons. The molecule has 0 aliphatic carbocycles. The van der Waals surface area contributed by atoms with E-state index in [9.17, 15) is 9.59 Å². The third-order valence-corrected chi connectivity index (χ3v) is 4.15. The first-order valence-corrected chi connectivity index (χ1v) is 7.10. The molecule has 0 aliphatic heterocycles. The number of halogens is 1. The van der Waals surface area contributed by atoms with Crippen LogP contribution in [0, 0.1) is 0 Å². The largest absolute Gasteiger partial charge is 0.480 e. The van der Waals surface area contributed by atoms with Gasteiger partial charge in [0.05, 0.1) is 10.4 Å². The Balaban J connectivity index is 2.08. The number of carboxylic acid groups (broad SMARTS) is 1. The van der Waals surface area contributed by atoms with E-state index in [1.165, 1.54) is 15.9 Å². The lowest BCUT2D eigenvalue weighted by Crippen LogP contribution is -2.28. The van der Waals surface area contributed by atoms with Crippen LogP contribution in [0.5, 0.6) is 0 Å². The highest BCUT2D eigenvalue weighted by Crippen LogP contribution is 2.26. The topological polar surface area (TPSA) is 71.3 Å². The summed E-state index contributed by atoms with van der Waals surface area (Å²) >= 11 is 7.26. The molecule has 5 nitrogen and oxygen atoms in total. The van der Waals surface area contributed by atoms with Gasteiger partial charge in [-0.25, -0.2) is 0 Å². The number of aromatic nitrogens is 1. The molecule has 2 rings (SSSR count). The molecule has 0 aliphatic rings. The van der Waals surface area contributed by atoms with Crippen LogP contribution in [-0.2, 0) is 11.3 Å². The lowest BCUT2D eigenvalue weighted by atomic mass is 10.2. The van der Waals surface area contributed by atoms with Crippen LogP contribution < -0.4 is 5.32 Å². The molecule has 7 heteroatoms. The maximum Gasteiger partial charge on any atom is 0.323 e. The van der Waals surface area contributed by atoms with Gasteiger partial charge in [0.1, 0.15) is 12.2 Å². The maximum atomic E-state index is 12.1. The molecule has 1 amide bonds. The first-order valence-electron chi connectivity index (χ1n) is 5.90. The number of carbonyl (C=O) groups is 2. The van der Waals surface area contributed by atoms with E-state index >= 15 is 0 Å². The van der Waals surface area contributed by atoms with Crippen molar-refractivity contribution < 1.29 is 14.7 Å². The Morgan fingerprint density at radius 3 is 2.80 bits per heavy atom. The minimum Gasteiger partial charge on any atom is -0.480 e. The first-order chi connectivity index (χ1) is 9.47. The predicted octanol–water partition coefficient (Wildman–Crippen LogP) is 2.78. The van der Waals surface area contributed by atoms with Gasteiger partial charge in [0.15, 0.2) is 0 Å². The Hall–Kier alpha value is -1.79. The van der Waals surface area contributed by atoms with E-state index in [-0.39, 0.29) is 18.5 Å². The Morgan fingerprint density at radius 2 is 2.20 bits per heavy atom. The smallest absolute Gasteiger partial charge is 0.323 e. The highest BCUT2D eigenvalue weighted by atomic mass is 35.5. The van der Waals surface area contributed by atoms with E-state index in [4.69, 9.17) is 16.7 Å². The van der Waals surface area contributed by atoms with Crippen LogP contribution in [0.15, 0.2) is 30.5 Å². The number of nitrogens with one attached hydrogen (secondary N) is 1. The van der Waals surface area contributed by atoms with Gasteiger partial charge in [-0.2, -0.15) is 0 Å². The standard InChI is InChI=1S/C13H13ClN2O3S/c1-8(10-4-5-11(14)20-10)15-13(19)9-3-2-6-16(9)7-12(17)18/h2-6,8H,7H2,1H3,(H,15,19)(H,17,18). The molecule has 0 aromatic carbocycles. The molecule has 2 aromatic rings. The van der Waals surface area contributed by atoms with Gasteiger partial charge in [0.2, 0.25) is 0 Å². The monoisotopic (exact) mass is 312 g/mol. The zero-order valence-electron chi connectivity index (χ0n) is 10.7. The maximum absolute atomic E-state index is 12.1. The second kappa shape index (κ2) is 6.11. The average molecular weight is 313 g/mol. The normalized spacial score (nSPS) is 12.1. The van der Waals surface area contributed by atoms with Crippen LogP contribution in [0.2, 0.25) is 4.34 Å². The number of hydrogen-bond donors (Lipinski definition) is 2. The van der Waals surface area contributed by atoms with Crippen molar-refractivity contribution in [2.75, 3.05) is 0 Å². The van der Waals surface area contributed by atoms with Gasteiger partial charge in [-0.05, 0) is 31.2 Å². The van der Waals surface area contributed by atoms with Crippen LogP contribution in [0.4, 0.5) is 0 Å². The molecule has 20 heavy (non-hydrogen) atoms. The van der Waals surface area contributed by atoms with E-state index in [2.05, 4.69) is 5.32 Å². The van der Waals surface area contributed by atoms with Crippen molar-refractivity contribution in [3.63, 3.8) is 0 Å². The first kappa shape index (κ1) is 14.6. The molecule has 0 fully saturated rings. The van der Waals surface area contributed by atoms with E-state index in [0.29, 0.717) is 10.0 Å². The molecular weight excluding hydrogens is 300 g/mol. The fourth-order valence-corrected chi connectivity index (χ4v) is 2.87. The van der Waals surface area contributed by atoms with Crippen molar-refractivity contribution in [1.82, 2.24) is 9.88 Å². The molecule has 2 N–H and O–H groups in total. The Bertz CT molecular complexity index is 635. The van der Waals surface area contributed by atoms with Crippen LogP contribution in [0.1, 0.15) is 28.3 Å². The summed E-state index contributed by atoms with van der Waals surface area (Å²) in [6.07, 6.45) is 1.57. The lowest BCUT2D eigenvalue weighted by molar-refractivity contribution is -0.137. The Labute approximate surface area is 124 Å². The van der Waals surface area contributed by atoms with Gasteiger partial charge in [0, 0.05) is 11.1 Å². The minimum absolute atomic E-state index is 0.187. The number of carboxylic acids is 1. The lowest BCUT2D eigenvalue weighted by Gasteiger charge is -2.13. The number of nitrogens with zero attached hydrogens (tertiary/aromatic N) is 1. The third kappa shape index (κ3) is 3.40. The quantitative estimate of drug-likeness (QED) is 0.891. The second-order valence-electron chi connectivity index (χ2n) is 4.25. The minimum atomic E-state index is -0.992. The van der Waals surface area contributed by atoms with E-state index < -0.39 is 5.97 Å². The van der Waals surface area contributed by atoms with Crippen molar-refractivity contribution in [3.8, 4) is 0 Å². The fraction of sp³-hybridized carbons (Fsp3) is 0.231. The molecule has 0 saturated carbocycles. The number of aliphatic carboxylic acids is 1. The summed E-state index contributed by atoms with van der Waals surface area (Å²) in [4.78, 5) is 23.8. The summed E-state index contributed by atoms with van der Waals surface area (Å²) in [6.45, 7) is 1.61. The SMILES string of the molecule is CC(NC(=O)c1cccn1CC(=O)O)c1ccc(Cl)s1. The summed E-state index contributed by atoms with van der Waals surface area (Å²) in [5, 5.41) is 11.6. The van der Waals surface area contributed by atoms with Gasteiger partial charge < -0.3 is 15.0 Å². The van der Waals surface area contributed by atoms with Crippen LogP contribution >= 0.6 is 22.9 Å². The van der Waals surface area contributed by atoms with Gasteiger partial charge >= 0.3 is 5.97 Å². The van der Waals surface area contributed by atoms with Crippen LogP contribution in [0.3, 0.4) is 0 Å². The molecule has 1 unspecified atom stereocenters. The van der Waals surface area contributed by atoms with Crippen molar-refractivity contribution in [2.45, 2.75) is 19.5 Å². The number of carbonyl (C=O) groups excluding carboxylic acids is 1. The fourth-order valence-electron chi connectivity index (χ4n) is 1.81. The Kier molecular flexibility index (Phi) is 4.46. The van der Waals surface area contributed by atoms with Gasteiger partial charge in [-0.3, -0.25) is 9.59 Å². The molecule has 0 spiro atoms. The zero-order valence-corrected chi connectivity index (χ0v) is 12.2. The van der Waals surface area contributed by atoms with Crippen molar-refractivity contribution in [3.05, 3.63) is 45.4 Å². The van der Waals surface area contributed by atoms with E-state index in [1.807, 2.05) is 13.0 Å². The Morgan fingerprint density at radius 1 is 1.45 bits per heavy atom. The molecule has 0 saturated heterocycles. The number of hydrogen-bond acceptors (Lipinski definition) is 3. The second-order valence-corrected chi connectivity index (χ2v) is 6.00. The zero-order chi connectivity index (χ0) is 14.7. The van der Waals surface area contributed by atoms with Crippen molar-refractivity contribution in [2.24, 2.45) is 0 Å². The summed E-state index contributed by atoms with van der Waals surface area (Å²) in [5.41, 5.74) is 0.321. The summed E-state index contributed by atoms with van der Waals surface area (Å²) in [5.74, 6) is -1.30. The van der Waals surface area contributed by atoms with Gasteiger partial charge in [-0.1, -0.05) is 11.6 Å². The van der Waals surface area contributed by atoms with Crippen LogP contribution in [0.25, 0.3) is 0 Å². The molecule has 0 bridgehead atoms. The molecule has 0 radical (unpaired) electrons. The highest BCUT2D eigenvalue weighted by Gasteiger charge is 2.16. The van der Waals surface area contributed by atoms with Gasteiger partial charge in [-0.15, -0.1) is 11.3 Å².